The lowest BCUT2D eigenvalue weighted by Crippen LogP contribution is -2.15. The van der Waals surface area contributed by atoms with Gasteiger partial charge in [-0.15, -0.1) is 10.2 Å². The minimum Gasteiger partial charge on any atom is -0.439 e. The zero-order valence-corrected chi connectivity index (χ0v) is 17.6. The van der Waals surface area contributed by atoms with Crippen molar-refractivity contribution < 1.29 is 9.84 Å². The number of benzene rings is 1. The highest BCUT2D eigenvalue weighted by Gasteiger charge is 2.27. The molecule has 5 rings (SSSR count). The summed E-state index contributed by atoms with van der Waals surface area (Å²) in [6.45, 7) is -0.0308. The summed E-state index contributed by atoms with van der Waals surface area (Å²) in [4.78, 5) is 0. The Kier molecular flexibility index (Phi) is 5.09. The third-order valence-corrected chi connectivity index (χ3v) is 5.70. The van der Waals surface area contributed by atoms with Crippen molar-refractivity contribution in [3.8, 4) is 28.8 Å². The summed E-state index contributed by atoms with van der Waals surface area (Å²) in [6, 6.07) is 12.8. The molecule has 0 unspecified atom stereocenters. The van der Waals surface area contributed by atoms with Crippen molar-refractivity contribution in [1.29, 1.82) is 5.26 Å². The van der Waals surface area contributed by atoms with Crippen molar-refractivity contribution in [3.63, 3.8) is 0 Å². The maximum atomic E-state index is 9.43. The van der Waals surface area contributed by atoms with E-state index in [1.165, 1.54) is 0 Å². The molecule has 3 N–H and O–H groups in total. The first-order valence-electron chi connectivity index (χ1n) is 10.6. The van der Waals surface area contributed by atoms with E-state index in [0.29, 0.717) is 41.0 Å². The van der Waals surface area contributed by atoms with E-state index in [1.807, 2.05) is 41.9 Å². The Hall–Kier alpha value is -3.74. The number of nitrogens with two attached hydrogens (primary N) is 1. The first kappa shape index (κ1) is 20.2. The van der Waals surface area contributed by atoms with Crippen LogP contribution in [0.15, 0.2) is 42.6 Å². The van der Waals surface area contributed by atoms with E-state index in [0.717, 1.165) is 29.7 Å². The van der Waals surface area contributed by atoms with Gasteiger partial charge in [0.25, 0.3) is 0 Å². The maximum absolute atomic E-state index is 9.43. The quantitative estimate of drug-likeness (QED) is 0.462. The average Bonchev–Trinajstić information content (AvgIpc) is 3.46. The predicted octanol–water partition coefficient (Wildman–Crippen LogP) is 3.05. The third kappa shape index (κ3) is 3.60. The first-order valence-corrected chi connectivity index (χ1v) is 10.6. The van der Waals surface area contributed by atoms with Crippen LogP contribution in [0.2, 0.25) is 0 Å². The van der Waals surface area contributed by atoms with Crippen molar-refractivity contribution in [2.45, 2.75) is 31.2 Å². The first-order chi connectivity index (χ1) is 15.6. The summed E-state index contributed by atoms with van der Waals surface area (Å²) in [5.41, 5.74) is 9.89. The third-order valence-electron chi connectivity index (χ3n) is 5.70. The minimum atomic E-state index is -0.433. The van der Waals surface area contributed by atoms with E-state index in [9.17, 15) is 10.4 Å². The van der Waals surface area contributed by atoms with Gasteiger partial charge in [0.05, 0.1) is 23.4 Å². The Morgan fingerprint density at radius 1 is 1.25 bits per heavy atom. The molecule has 0 saturated heterocycles. The van der Waals surface area contributed by atoms with E-state index in [4.69, 9.17) is 10.5 Å². The highest BCUT2D eigenvalue weighted by molar-refractivity contribution is 5.82. The number of aliphatic hydroxyl groups excluding tert-OH is 1. The molecule has 1 aliphatic rings. The molecule has 0 aliphatic heterocycles. The topological polar surface area (TPSA) is 127 Å². The number of nitriles is 1. The number of pyridine rings is 1. The molecule has 4 aromatic rings. The fourth-order valence-electron chi connectivity index (χ4n) is 3.82. The van der Waals surface area contributed by atoms with Gasteiger partial charge in [0, 0.05) is 43.0 Å². The molecule has 9 heteroatoms. The van der Waals surface area contributed by atoms with Crippen LogP contribution in [-0.4, -0.2) is 36.1 Å². The Bertz CT molecular complexity index is 1330. The SMILES string of the molecule is Cn1nc(C2CC2)cc1Oc1cc(C#N)ccc1-c1cccn2c([C@@H](N)CCO)nnc12. The molecule has 3 aromatic heterocycles. The molecule has 0 amide bonds. The molecule has 1 aliphatic carbocycles. The van der Waals surface area contributed by atoms with Crippen LogP contribution in [0.1, 0.15) is 48.3 Å². The van der Waals surface area contributed by atoms with Gasteiger partial charge in [-0.05, 0) is 49.6 Å². The molecule has 1 fully saturated rings. The Balaban J connectivity index is 1.60. The molecule has 9 nitrogen and oxygen atoms in total. The van der Waals surface area contributed by atoms with Crippen LogP contribution in [0.4, 0.5) is 0 Å². The lowest BCUT2D eigenvalue weighted by molar-refractivity contribution is 0.274. The summed E-state index contributed by atoms with van der Waals surface area (Å²) in [5, 5.41) is 31.9. The molecule has 1 saturated carbocycles. The number of hydrogen-bond acceptors (Lipinski definition) is 7. The maximum Gasteiger partial charge on any atom is 0.217 e. The average molecular weight is 429 g/mol. The number of aryl methyl sites for hydroxylation is 1. The number of fused-ring (bicyclic) bond motifs is 1. The van der Waals surface area contributed by atoms with Crippen molar-refractivity contribution >= 4 is 5.65 Å². The monoisotopic (exact) mass is 429 g/mol. The molecule has 0 spiro atoms. The normalized spacial score (nSPS) is 14.4. The molecule has 0 radical (unpaired) electrons. The molecule has 0 bridgehead atoms. The van der Waals surface area contributed by atoms with Gasteiger partial charge < -0.3 is 15.6 Å². The zero-order chi connectivity index (χ0) is 22.2. The molecular formula is C23H23N7O2. The van der Waals surface area contributed by atoms with Gasteiger partial charge in [-0.2, -0.15) is 10.4 Å². The number of aliphatic hydroxyl groups is 1. The summed E-state index contributed by atoms with van der Waals surface area (Å²) < 4.78 is 9.82. The Morgan fingerprint density at radius 3 is 2.84 bits per heavy atom. The van der Waals surface area contributed by atoms with E-state index in [2.05, 4.69) is 21.4 Å². The van der Waals surface area contributed by atoms with E-state index in [1.54, 1.807) is 16.8 Å². The van der Waals surface area contributed by atoms with Crippen molar-refractivity contribution in [2.75, 3.05) is 6.61 Å². The van der Waals surface area contributed by atoms with Crippen molar-refractivity contribution in [2.24, 2.45) is 12.8 Å². The van der Waals surface area contributed by atoms with Gasteiger partial charge in [-0.25, -0.2) is 4.68 Å². The smallest absolute Gasteiger partial charge is 0.217 e. The van der Waals surface area contributed by atoms with Gasteiger partial charge in [-0.3, -0.25) is 4.40 Å². The fourth-order valence-corrected chi connectivity index (χ4v) is 3.82. The second-order valence-electron chi connectivity index (χ2n) is 8.02. The predicted molar refractivity (Wildman–Crippen MR) is 117 cm³/mol. The molecule has 32 heavy (non-hydrogen) atoms. The van der Waals surface area contributed by atoms with Gasteiger partial charge in [0.15, 0.2) is 11.5 Å². The Labute approximate surface area is 184 Å². The van der Waals surface area contributed by atoms with E-state index in [-0.39, 0.29) is 6.61 Å². The van der Waals surface area contributed by atoms with Gasteiger partial charge in [0.1, 0.15) is 5.75 Å². The molecular weight excluding hydrogens is 406 g/mol. The van der Waals surface area contributed by atoms with E-state index < -0.39 is 6.04 Å². The Morgan fingerprint density at radius 2 is 2.09 bits per heavy atom. The highest BCUT2D eigenvalue weighted by Crippen LogP contribution is 2.42. The number of rotatable bonds is 7. The summed E-state index contributed by atoms with van der Waals surface area (Å²) in [6.07, 6.45) is 4.54. The zero-order valence-electron chi connectivity index (χ0n) is 17.6. The largest absolute Gasteiger partial charge is 0.439 e. The lowest BCUT2D eigenvalue weighted by atomic mass is 10.0. The number of aromatic nitrogens is 5. The molecule has 162 valence electrons. The van der Waals surface area contributed by atoms with Crippen LogP contribution in [0.3, 0.4) is 0 Å². The van der Waals surface area contributed by atoms with Crippen LogP contribution >= 0.6 is 0 Å². The molecule has 3 heterocycles. The summed E-state index contributed by atoms with van der Waals surface area (Å²) >= 11 is 0. The van der Waals surface area contributed by atoms with Crippen molar-refractivity contribution in [3.05, 3.63) is 59.7 Å². The van der Waals surface area contributed by atoms with Crippen LogP contribution < -0.4 is 10.5 Å². The van der Waals surface area contributed by atoms with Crippen LogP contribution in [0.5, 0.6) is 11.6 Å². The second kappa shape index (κ2) is 8.07. The lowest BCUT2D eigenvalue weighted by Gasteiger charge is -2.13. The highest BCUT2D eigenvalue weighted by atomic mass is 16.5. The minimum absolute atomic E-state index is 0.0308. The van der Waals surface area contributed by atoms with Gasteiger partial charge in [-0.1, -0.05) is 0 Å². The summed E-state index contributed by atoms with van der Waals surface area (Å²) in [5.74, 6) is 2.23. The van der Waals surface area contributed by atoms with Crippen LogP contribution in [0.25, 0.3) is 16.8 Å². The summed E-state index contributed by atoms with van der Waals surface area (Å²) in [7, 11) is 1.85. The number of nitrogens with zero attached hydrogens (tertiary/aromatic N) is 6. The van der Waals surface area contributed by atoms with Crippen LogP contribution in [0, 0.1) is 11.3 Å². The van der Waals surface area contributed by atoms with E-state index >= 15 is 0 Å². The standard InChI is InChI=1S/C23H23N7O2/c1-29-21(12-19(28-29)15-5-6-15)32-20-11-14(13-24)4-7-16(20)17-3-2-9-30-22(17)26-27-23(30)18(25)8-10-31/h2-4,7,9,11-12,15,18,31H,5-6,8,10,25H2,1H3/t18-/m0/s1. The van der Waals surface area contributed by atoms with Crippen LogP contribution in [-0.2, 0) is 7.05 Å². The second-order valence-corrected chi connectivity index (χ2v) is 8.02. The van der Waals surface area contributed by atoms with Gasteiger partial charge in [0.2, 0.25) is 5.88 Å². The molecule has 1 atom stereocenters. The fraction of sp³-hybridized carbons (Fsp3) is 0.304. The number of hydrogen-bond donors (Lipinski definition) is 2. The van der Waals surface area contributed by atoms with Gasteiger partial charge >= 0.3 is 0 Å². The molecule has 1 aromatic carbocycles. The van der Waals surface area contributed by atoms with Crippen molar-refractivity contribution in [1.82, 2.24) is 24.4 Å². The number of ether oxygens (including phenoxy) is 1.